The Morgan fingerprint density at radius 2 is 1.81 bits per heavy atom. The first-order valence-electron chi connectivity index (χ1n) is 9.30. The van der Waals surface area contributed by atoms with E-state index in [4.69, 9.17) is 4.74 Å². The van der Waals surface area contributed by atoms with Gasteiger partial charge in [0, 0.05) is 36.8 Å². The van der Waals surface area contributed by atoms with Crippen molar-refractivity contribution in [3.63, 3.8) is 0 Å². The molecule has 3 rings (SSSR count). The fourth-order valence-corrected chi connectivity index (χ4v) is 4.00. The molecule has 0 aliphatic carbocycles. The molecular weight excluding hydrogens is 337 g/mol. The second-order valence-electron chi connectivity index (χ2n) is 6.88. The molecule has 2 heterocycles. The highest BCUT2D eigenvalue weighted by Gasteiger charge is 2.43. The van der Waals surface area contributed by atoms with Crippen LogP contribution in [0.2, 0.25) is 0 Å². The predicted octanol–water partition coefficient (Wildman–Crippen LogP) is 2.30. The Kier molecular flexibility index (Phi) is 6.08. The Morgan fingerprint density at radius 1 is 1.15 bits per heavy atom. The summed E-state index contributed by atoms with van der Waals surface area (Å²) in [5, 5.41) is 6.31. The highest BCUT2D eigenvalue weighted by molar-refractivity contribution is 5.94. The predicted molar refractivity (Wildman–Crippen MR) is 95.4 cm³/mol. The number of hydrogen-bond acceptors (Lipinski definition) is 4. The summed E-state index contributed by atoms with van der Waals surface area (Å²) in [6, 6.07) is 6.35. The molecule has 2 amide bonds. The van der Waals surface area contributed by atoms with Crippen LogP contribution in [0.25, 0.3) is 0 Å². The second-order valence-corrected chi connectivity index (χ2v) is 6.88. The SMILES string of the molecule is CCOC(=O)N1[C@@H]2CC[C@H]1CC(NCCNC(=O)c1ccc(F)cc1)C2. The molecule has 26 heavy (non-hydrogen) atoms. The topological polar surface area (TPSA) is 70.7 Å². The Hall–Kier alpha value is -2.15. The molecule has 2 bridgehead atoms. The molecule has 7 heteroatoms. The lowest BCUT2D eigenvalue weighted by Gasteiger charge is -2.38. The van der Waals surface area contributed by atoms with Crippen molar-refractivity contribution >= 4 is 12.0 Å². The van der Waals surface area contributed by atoms with Crippen molar-refractivity contribution < 1.29 is 18.7 Å². The van der Waals surface area contributed by atoms with Gasteiger partial charge in [0.2, 0.25) is 0 Å². The van der Waals surface area contributed by atoms with Gasteiger partial charge in [0.25, 0.3) is 5.91 Å². The normalized spacial score (nSPS) is 24.4. The molecule has 0 radical (unpaired) electrons. The van der Waals surface area contributed by atoms with Gasteiger partial charge in [-0.1, -0.05) is 0 Å². The van der Waals surface area contributed by atoms with E-state index in [1.54, 1.807) is 0 Å². The van der Waals surface area contributed by atoms with Crippen molar-refractivity contribution in [1.29, 1.82) is 0 Å². The van der Waals surface area contributed by atoms with E-state index in [0.717, 1.165) is 25.7 Å². The third kappa shape index (κ3) is 4.33. The summed E-state index contributed by atoms with van der Waals surface area (Å²) >= 11 is 0. The minimum atomic E-state index is -0.355. The average Bonchev–Trinajstić information content (AvgIpc) is 2.90. The lowest BCUT2D eigenvalue weighted by atomic mass is 9.98. The van der Waals surface area contributed by atoms with E-state index < -0.39 is 0 Å². The summed E-state index contributed by atoms with van der Waals surface area (Å²) in [4.78, 5) is 26.0. The molecule has 1 aromatic carbocycles. The molecular formula is C19H26FN3O3. The zero-order chi connectivity index (χ0) is 18.5. The average molecular weight is 363 g/mol. The van der Waals surface area contributed by atoms with Gasteiger partial charge in [-0.25, -0.2) is 9.18 Å². The number of rotatable bonds is 6. The molecule has 2 aliphatic heterocycles. The van der Waals surface area contributed by atoms with Gasteiger partial charge in [-0.3, -0.25) is 4.79 Å². The largest absolute Gasteiger partial charge is 0.450 e. The molecule has 2 fully saturated rings. The standard InChI is InChI=1S/C19H26FN3O3/c1-2-26-19(25)23-16-7-8-17(23)12-15(11-16)21-9-10-22-18(24)13-3-5-14(20)6-4-13/h3-6,15-17,21H,2,7-12H2,1H3,(H,22,24)/t15?,16-,17+. The molecule has 1 aromatic rings. The Bertz CT molecular complexity index is 623. The quantitative estimate of drug-likeness (QED) is 0.761. The highest BCUT2D eigenvalue weighted by Crippen LogP contribution is 2.36. The van der Waals surface area contributed by atoms with E-state index in [0.29, 0.717) is 31.3 Å². The fraction of sp³-hybridized carbons (Fsp3) is 0.579. The minimum Gasteiger partial charge on any atom is -0.450 e. The van der Waals surface area contributed by atoms with Crippen LogP contribution in [0.4, 0.5) is 9.18 Å². The molecule has 3 atom stereocenters. The molecule has 6 nitrogen and oxygen atoms in total. The van der Waals surface area contributed by atoms with Crippen LogP contribution < -0.4 is 10.6 Å². The second kappa shape index (κ2) is 8.49. The van der Waals surface area contributed by atoms with E-state index in [-0.39, 0.29) is 29.9 Å². The van der Waals surface area contributed by atoms with Crippen LogP contribution in [-0.4, -0.2) is 54.7 Å². The number of ether oxygens (including phenoxy) is 1. The van der Waals surface area contributed by atoms with E-state index in [2.05, 4.69) is 10.6 Å². The van der Waals surface area contributed by atoms with E-state index in [1.165, 1.54) is 24.3 Å². The van der Waals surface area contributed by atoms with Gasteiger partial charge in [-0.05, 0) is 56.9 Å². The summed E-state index contributed by atoms with van der Waals surface area (Å²) in [6.07, 6.45) is 3.71. The Labute approximate surface area is 153 Å². The van der Waals surface area contributed by atoms with Gasteiger partial charge >= 0.3 is 6.09 Å². The smallest absolute Gasteiger partial charge is 0.410 e. The molecule has 0 saturated carbocycles. The number of hydrogen-bond donors (Lipinski definition) is 2. The Morgan fingerprint density at radius 3 is 2.42 bits per heavy atom. The lowest BCUT2D eigenvalue weighted by Crippen LogP contribution is -2.52. The van der Waals surface area contributed by atoms with Gasteiger partial charge in [0.15, 0.2) is 0 Å². The summed E-state index contributed by atoms with van der Waals surface area (Å²) in [5.41, 5.74) is 0.451. The summed E-state index contributed by atoms with van der Waals surface area (Å²) in [6.45, 7) is 3.40. The van der Waals surface area contributed by atoms with Crippen LogP contribution in [0.5, 0.6) is 0 Å². The van der Waals surface area contributed by atoms with Crippen LogP contribution in [-0.2, 0) is 4.74 Å². The highest BCUT2D eigenvalue weighted by atomic mass is 19.1. The van der Waals surface area contributed by atoms with Crippen LogP contribution in [0.3, 0.4) is 0 Å². The number of carbonyl (C=O) groups is 2. The third-order valence-corrected chi connectivity index (χ3v) is 5.16. The summed E-state index contributed by atoms with van der Waals surface area (Å²) in [5.74, 6) is -0.559. The number of amides is 2. The number of benzene rings is 1. The van der Waals surface area contributed by atoms with Crippen molar-refractivity contribution in [2.24, 2.45) is 0 Å². The third-order valence-electron chi connectivity index (χ3n) is 5.16. The molecule has 2 aliphatic rings. The molecule has 0 spiro atoms. The van der Waals surface area contributed by atoms with Gasteiger partial charge in [-0.2, -0.15) is 0 Å². The maximum Gasteiger partial charge on any atom is 0.410 e. The number of halogens is 1. The van der Waals surface area contributed by atoms with Crippen molar-refractivity contribution in [3.8, 4) is 0 Å². The maximum atomic E-state index is 12.9. The zero-order valence-electron chi connectivity index (χ0n) is 15.0. The summed E-state index contributed by atoms with van der Waals surface area (Å²) in [7, 11) is 0. The van der Waals surface area contributed by atoms with Crippen molar-refractivity contribution in [2.45, 2.75) is 50.7 Å². The number of fused-ring (bicyclic) bond motifs is 2. The zero-order valence-corrected chi connectivity index (χ0v) is 15.0. The van der Waals surface area contributed by atoms with Crippen molar-refractivity contribution in [2.75, 3.05) is 19.7 Å². The van der Waals surface area contributed by atoms with Crippen molar-refractivity contribution in [3.05, 3.63) is 35.6 Å². The monoisotopic (exact) mass is 363 g/mol. The first-order chi connectivity index (χ1) is 12.6. The molecule has 2 saturated heterocycles. The number of nitrogens with one attached hydrogen (secondary N) is 2. The maximum absolute atomic E-state index is 12.9. The number of carbonyl (C=O) groups excluding carboxylic acids is 2. The fourth-order valence-electron chi connectivity index (χ4n) is 4.00. The van der Waals surface area contributed by atoms with E-state index >= 15 is 0 Å². The van der Waals surface area contributed by atoms with E-state index in [9.17, 15) is 14.0 Å². The summed E-state index contributed by atoms with van der Waals surface area (Å²) < 4.78 is 18.0. The van der Waals surface area contributed by atoms with Crippen LogP contribution in [0, 0.1) is 5.82 Å². The molecule has 2 N–H and O–H groups in total. The van der Waals surface area contributed by atoms with Gasteiger partial charge in [0.1, 0.15) is 5.82 Å². The van der Waals surface area contributed by atoms with Crippen LogP contribution in [0.1, 0.15) is 43.0 Å². The van der Waals surface area contributed by atoms with Crippen molar-refractivity contribution in [1.82, 2.24) is 15.5 Å². The van der Waals surface area contributed by atoms with E-state index in [1.807, 2.05) is 11.8 Å². The Balaban J connectivity index is 1.39. The lowest BCUT2D eigenvalue weighted by molar-refractivity contribution is 0.0659. The molecule has 1 unspecified atom stereocenters. The molecule has 0 aromatic heterocycles. The molecule has 142 valence electrons. The minimum absolute atomic E-state index is 0.190. The van der Waals surface area contributed by atoms with Gasteiger partial charge in [0.05, 0.1) is 6.61 Å². The van der Waals surface area contributed by atoms with Crippen LogP contribution >= 0.6 is 0 Å². The van der Waals surface area contributed by atoms with Gasteiger partial charge < -0.3 is 20.3 Å². The first kappa shape index (κ1) is 18.6. The number of piperidine rings is 1. The van der Waals surface area contributed by atoms with Crippen LogP contribution in [0.15, 0.2) is 24.3 Å². The number of nitrogens with zero attached hydrogens (tertiary/aromatic N) is 1. The first-order valence-corrected chi connectivity index (χ1v) is 9.30. The van der Waals surface area contributed by atoms with Gasteiger partial charge in [-0.15, -0.1) is 0 Å².